The topological polar surface area (TPSA) is 82.1 Å². The third-order valence-electron chi connectivity index (χ3n) is 8.30. The van der Waals surface area contributed by atoms with E-state index in [-0.39, 0.29) is 18.0 Å². The van der Waals surface area contributed by atoms with Crippen LogP contribution in [0.15, 0.2) is 78.9 Å². The van der Waals surface area contributed by atoms with Crippen LogP contribution in [0, 0.1) is 11.8 Å². The largest absolute Gasteiger partial charge is 0.496 e. The minimum atomic E-state index is -0.958. The van der Waals surface area contributed by atoms with E-state index in [9.17, 15) is 14.7 Å². The molecule has 6 nitrogen and oxygen atoms in total. The Hall–Kier alpha value is -3.80. The minimum Gasteiger partial charge on any atom is -0.496 e. The molecular weight excluding hydrogens is 480 g/mol. The maximum absolute atomic E-state index is 14.1. The SMILES string of the molecule is COc1ccccc1[C@H]1[C@H](C(=O)O)[C@H](c2ccccc2OC)[C@H]1C(=O)O[C@@H]1CCCC[C@H]1c1ccccc1. The fourth-order valence-electron chi connectivity index (χ4n) is 6.55. The standard InChI is InChI=1S/C32H34O6/c1-36-24-17-9-7-15-22(24)27-29(31(33)34)28(23-16-8-10-18-25(23)37-2)30(27)32(35)38-26-19-11-6-14-21(26)20-12-4-3-5-13-20/h3-5,7-10,12-13,15-18,21,26-30H,6,11,14,19H2,1-2H3,(H,33,34)/t21-,26+,27-,28-,29-,30-/m0/s1. The number of hydrogen-bond donors (Lipinski definition) is 1. The summed E-state index contributed by atoms with van der Waals surface area (Å²) < 4.78 is 17.5. The van der Waals surface area contributed by atoms with Gasteiger partial charge in [-0.1, -0.05) is 73.2 Å². The molecule has 0 amide bonds. The van der Waals surface area contributed by atoms with Gasteiger partial charge in [-0.15, -0.1) is 0 Å². The van der Waals surface area contributed by atoms with Crippen LogP contribution in [0.4, 0.5) is 0 Å². The van der Waals surface area contributed by atoms with E-state index >= 15 is 0 Å². The Kier molecular flexibility index (Phi) is 7.68. The number of carbonyl (C=O) groups is 2. The molecule has 0 bridgehead atoms. The Morgan fingerprint density at radius 2 is 1.24 bits per heavy atom. The van der Waals surface area contributed by atoms with Gasteiger partial charge in [0.25, 0.3) is 0 Å². The zero-order valence-electron chi connectivity index (χ0n) is 21.8. The summed E-state index contributed by atoms with van der Waals surface area (Å²) in [7, 11) is 3.12. The van der Waals surface area contributed by atoms with E-state index in [1.54, 1.807) is 26.4 Å². The highest BCUT2D eigenvalue weighted by Crippen LogP contribution is 2.61. The zero-order chi connectivity index (χ0) is 26.6. The number of para-hydroxylation sites is 2. The van der Waals surface area contributed by atoms with Crippen molar-refractivity contribution in [2.75, 3.05) is 14.2 Å². The van der Waals surface area contributed by atoms with Gasteiger partial charge in [-0.05, 0) is 48.1 Å². The normalized spacial score (nSPS) is 26.6. The van der Waals surface area contributed by atoms with Crippen molar-refractivity contribution in [2.45, 2.75) is 49.5 Å². The van der Waals surface area contributed by atoms with Crippen LogP contribution in [0.1, 0.15) is 60.1 Å². The van der Waals surface area contributed by atoms with Gasteiger partial charge in [-0.3, -0.25) is 9.59 Å². The second-order valence-electron chi connectivity index (χ2n) is 10.2. The summed E-state index contributed by atoms with van der Waals surface area (Å²) in [6.07, 6.45) is 3.58. The molecule has 2 fully saturated rings. The van der Waals surface area contributed by atoms with E-state index < -0.39 is 29.6 Å². The smallest absolute Gasteiger partial charge is 0.310 e. The van der Waals surface area contributed by atoms with E-state index in [1.165, 1.54) is 5.56 Å². The molecule has 0 spiro atoms. The second kappa shape index (κ2) is 11.3. The van der Waals surface area contributed by atoms with Gasteiger partial charge in [0.05, 0.1) is 26.1 Å². The predicted octanol–water partition coefficient (Wildman–Crippen LogP) is 6.17. The molecule has 38 heavy (non-hydrogen) atoms. The minimum absolute atomic E-state index is 0.124. The summed E-state index contributed by atoms with van der Waals surface area (Å²) in [5.74, 6) is -2.77. The summed E-state index contributed by atoms with van der Waals surface area (Å²) in [6.45, 7) is 0. The average Bonchev–Trinajstić information content (AvgIpc) is 2.93. The number of methoxy groups -OCH3 is 2. The number of rotatable bonds is 8. The molecular formula is C32H34O6. The first kappa shape index (κ1) is 25.8. The lowest BCUT2D eigenvalue weighted by Gasteiger charge is -2.50. The molecule has 2 aliphatic rings. The van der Waals surface area contributed by atoms with Crippen molar-refractivity contribution in [3.8, 4) is 11.5 Å². The molecule has 0 saturated heterocycles. The fourth-order valence-corrected chi connectivity index (χ4v) is 6.55. The summed E-state index contributed by atoms with van der Waals surface area (Å²) >= 11 is 0. The molecule has 2 saturated carbocycles. The van der Waals surface area contributed by atoms with Crippen LogP contribution in [-0.4, -0.2) is 37.4 Å². The van der Waals surface area contributed by atoms with E-state index in [2.05, 4.69) is 12.1 Å². The van der Waals surface area contributed by atoms with Crippen LogP contribution in [-0.2, 0) is 14.3 Å². The van der Waals surface area contributed by atoms with E-state index in [0.29, 0.717) is 22.6 Å². The number of carboxylic acid groups (broad SMARTS) is 1. The molecule has 5 rings (SSSR count). The van der Waals surface area contributed by atoms with Crippen LogP contribution < -0.4 is 9.47 Å². The lowest BCUT2D eigenvalue weighted by atomic mass is 9.52. The molecule has 0 unspecified atom stereocenters. The van der Waals surface area contributed by atoms with E-state index in [1.807, 2.05) is 54.6 Å². The average molecular weight is 515 g/mol. The van der Waals surface area contributed by atoms with Gasteiger partial charge in [-0.25, -0.2) is 0 Å². The third-order valence-corrected chi connectivity index (χ3v) is 8.30. The fraction of sp³-hybridized carbons (Fsp3) is 0.375. The third kappa shape index (κ3) is 4.75. The molecule has 1 N–H and O–H groups in total. The quantitative estimate of drug-likeness (QED) is 0.362. The van der Waals surface area contributed by atoms with Gasteiger partial charge in [-0.2, -0.15) is 0 Å². The maximum Gasteiger partial charge on any atom is 0.310 e. The van der Waals surface area contributed by atoms with Crippen molar-refractivity contribution in [1.82, 2.24) is 0 Å². The van der Waals surface area contributed by atoms with E-state index in [4.69, 9.17) is 14.2 Å². The second-order valence-corrected chi connectivity index (χ2v) is 10.2. The number of carbonyl (C=O) groups excluding carboxylic acids is 1. The Balaban J connectivity index is 1.54. The number of carboxylic acids is 1. The summed E-state index contributed by atoms with van der Waals surface area (Å²) in [5.41, 5.74) is 2.59. The lowest BCUT2D eigenvalue weighted by molar-refractivity contribution is -0.170. The van der Waals surface area contributed by atoms with E-state index in [0.717, 1.165) is 25.7 Å². The van der Waals surface area contributed by atoms with Crippen molar-refractivity contribution in [1.29, 1.82) is 0 Å². The molecule has 2 aliphatic carbocycles. The van der Waals surface area contributed by atoms with Crippen LogP contribution in [0.3, 0.4) is 0 Å². The number of aliphatic carboxylic acids is 1. The molecule has 0 aliphatic heterocycles. The number of hydrogen-bond acceptors (Lipinski definition) is 5. The maximum atomic E-state index is 14.1. The van der Waals surface area contributed by atoms with Crippen LogP contribution in [0.5, 0.6) is 11.5 Å². The molecule has 4 atom stereocenters. The van der Waals surface area contributed by atoms with Crippen LogP contribution >= 0.6 is 0 Å². The van der Waals surface area contributed by atoms with Gasteiger partial charge < -0.3 is 19.3 Å². The molecule has 6 heteroatoms. The summed E-state index contributed by atoms with van der Waals surface area (Å²) in [4.78, 5) is 26.8. The molecule has 198 valence electrons. The zero-order valence-corrected chi connectivity index (χ0v) is 21.8. The molecule has 0 aromatic heterocycles. The number of esters is 1. The highest BCUT2D eigenvalue weighted by atomic mass is 16.5. The highest BCUT2D eigenvalue weighted by molar-refractivity contribution is 5.85. The molecule has 3 aromatic carbocycles. The van der Waals surface area contributed by atoms with Gasteiger partial charge in [0.2, 0.25) is 0 Å². The monoisotopic (exact) mass is 514 g/mol. The highest BCUT2D eigenvalue weighted by Gasteiger charge is 2.60. The van der Waals surface area contributed by atoms with Crippen LogP contribution in [0.2, 0.25) is 0 Å². The summed E-state index contributed by atoms with van der Waals surface area (Å²) in [6, 6.07) is 24.9. The Labute approximate surface area is 223 Å². The van der Waals surface area contributed by atoms with Gasteiger partial charge in [0.1, 0.15) is 17.6 Å². The first-order valence-corrected chi connectivity index (χ1v) is 13.3. The Morgan fingerprint density at radius 1 is 0.711 bits per heavy atom. The lowest BCUT2D eigenvalue weighted by Crippen LogP contribution is -2.52. The first-order valence-electron chi connectivity index (χ1n) is 13.3. The van der Waals surface area contributed by atoms with Crippen LogP contribution in [0.25, 0.3) is 0 Å². The van der Waals surface area contributed by atoms with Crippen molar-refractivity contribution in [3.63, 3.8) is 0 Å². The molecule has 0 radical (unpaired) electrons. The number of benzene rings is 3. The molecule has 3 aromatic rings. The van der Waals surface area contributed by atoms with Crippen molar-refractivity contribution in [2.24, 2.45) is 11.8 Å². The van der Waals surface area contributed by atoms with Gasteiger partial charge in [0, 0.05) is 17.8 Å². The Bertz CT molecular complexity index is 1220. The number of ether oxygens (including phenoxy) is 3. The van der Waals surface area contributed by atoms with Crippen molar-refractivity contribution >= 4 is 11.9 Å². The van der Waals surface area contributed by atoms with Crippen molar-refractivity contribution in [3.05, 3.63) is 95.6 Å². The molecule has 0 heterocycles. The van der Waals surface area contributed by atoms with Gasteiger partial charge >= 0.3 is 11.9 Å². The first-order chi connectivity index (χ1) is 18.5. The van der Waals surface area contributed by atoms with Gasteiger partial charge in [0.15, 0.2) is 0 Å². The summed E-state index contributed by atoms with van der Waals surface area (Å²) in [5, 5.41) is 10.4. The Morgan fingerprint density at radius 3 is 1.79 bits per heavy atom. The predicted molar refractivity (Wildman–Crippen MR) is 144 cm³/mol. The van der Waals surface area contributed by atoms with Crippen molar-refractivity contribution < 1.29 is 28.9 Å².